The first-order valence-electron chi connectivity index (χ1n) is 7.73. The number of rotatable bonds is 4. The highest BCUT2D eigenvalue weighted by Gasteiger charge is 2.12. The van der Waals surface area contributed by atoms with E-state index in [2.05, 4.69) is 42.9 Å². The Morgan fingerprint density at radius 2 is 2.04 bits per heavy atom. The zero-order chi connectivity index (χ0) is 18.1. The molecular weight excluding hydrogens is 465 g/mol. The van der Waals surface area contributed by atoms with E-state index in [1.165, 1.54) is 6.33 Å². The summed E-state index contributed by atoms with van der Waals surface area (Å²) in [5.74, 6) is 1.26. The Morgan fingerprint density at radius 3 is 2.81 bits per heavy atom. The predicted octanol–water partition coefficient (Wildman–Crippen LogP) is 5.16. The van der Waals surface area contributed by atoms with E-state index in [0.29, 0.717) is 16.8 Å². The number of hydrogen-bond acceptors (Lipinski definition) is 5. The van der Waals surface area contributed by atoms with Gasteiger partial charge in [-0.1, -0.05) is 23.7 Å². The van der Waals surface area contributed by atoms with Crippen molar-refractivity contribution in [2.24, 2.45) is 7.05 Å². The van der Waals surface area contributed by atoms with Gasteiger partial charge in [0, 0.05) is 18.9 Å². The molecule has 26 heavy (non-hydrogen) atoms. The van der Waals surface area contributed by atoms with Gasteiger partial charge in [-0.3, -0.25) is 4.57 Å². The van der Waals surface area contributed by atoms with Crippen LogP contribution in [0.25, 0.3) is 11.0 Å². The van der Waals surface area contributed by atoms with Gasteiger partial charge in [-0.2, -0.15) is 4.98 Å². The summed E-state index contributed by atoms with van der Waals surface area (Å²) in [5, 5.41) is 3.70. The summed E-state index contributed by atoms with van der Waals surface area (Å²) in [7, 11) is 1.91. The van der Waals surface area contributed by atoms with Crippen LogP contribution < -0.4 is 10.1 Å². The first-order chi connectivity index (χ1) is 12.6. The third-order valence-electron chi connectivity index (χ3n) is 3.81. The largest absolute Gasteiger partial charge is 0.424 e. The lowest BCUT2D eigenvalue weighted by atomic mass is 10.3. The van der Waals surface area contributed by atoms with E-state index in [9.17, 15) is 0 Å². The molecule has 0 amide bonds. The van der Waals surface area contributed by atoms with Gasteiger partial charge < -0.3 is 10.1 Å². The molecule has 0 atom stereocenters. The van der Waals surface area contributed by atoms with E-state index in [1.807, 2.05) is 41.9 Å². The van der Waals surface area contributed by atoms with Gasteiger partial charge in [0.05, 0.1) is 19.6 Å². The van der Waals surface area contributed by atoms with Crippen LogP contribution >= 0.6 is 34.2 Å². The number of halogens is 2. The summed E-state index contributed by atoms with van der Waals surface area (Å²) in [4.78, 5) is 12.7. The van der Waals surface area contributed by atoms with Crippen molar-refractivity contribution in [2.75, 3.05) is 5.32 Å². The maximum Gasteiger partial charge on any atom is 0.302 e. The van der Waals surface area contributed by atoms with Crippen molar-refractivity contribution in [3.05, 3.63) is 63.6 Å². The van der Waals surface area contributed by atoms with Crippen molar-refractivity contribution in [1.82, 2.24) is 19.5 Å². The molecule has 0 aliphatic rings. The Hall–Kier alpha value is -2.39. The number of imidazole rings is 1. The second-order valence-electron chi connectivity index (χ2n) is 5.53. The van der Waals surface area contributed by atoms with Gasteiger partial charge >= 0.3 is 6.01 Å². The van der Waals surface area contributed by atoms with Crippen LogP contribution in [0.1, 0.15) is 0 Å². The third-order valence-corrected chi connectivity index (χ3v) is 4.89. The number of ether oxygens (including phenoxy) is 1. The Morgan fingerprint density at radius 1 is 1.19 bits per heavy atom. The molecule has 0 fully saturated rings. The molecule has 2 aromatic heterocycles. The number of aromatic nitrogens is 4. The quantitative estimate of drug-likeness (QED) is 0.412. The molecule has 0 saturated heterocycles. The lowest BCUT2D eigenvalue weighted by molar-refractivity contribution is 0.428. The van der Waals surface area contributed by atoms with Gasteiger partial charge in [-0.15, -0.1) is 0 Å². The van der Waals surface area contributed by atoms with Gasteiger partial charge in [-0.05, 0) is 52.9 Å². The van der Waals surface area contributed by atoms with E-state index in [-0.39, 0.29) is 0 Å². The first-order valence-corrected chi connectivity index (χ1v) is 9.19. The minimum atomic E-state index is 0.478. The Balaban J connectivity index is 1.60. The zero-order valence-corrected chi connectivity index (χ0v) is 16.6. The summed E-state index contributed by atoms with van der Waals surface area (Å²) in [5.41, 5.74) is 2.68. The highest BCUT2D eigenvalue weighted by molar-refractivity contribution is 14.1. The van der Waals surface area contributed by atoms with Crippen molar-refractivity contribution >= 4 is 56.7 Å². The summed E-state index contributed by atoms with van der Waals surface area (Å²) < 4.78 is 8.73. The van der Waals surface area contributed by atoms with E-state index < -0.39 is 0 Å². The highest BCUT2D eigenvalue weighted by Crippen LogP contribution is 2.33. The SMILES string of the molecule is Cn1c(Oc2ccc(Nc3ncncc3I)cc2Cl)nc2ccccc21. The summed E-state index contributed by atoms with van der Waals surface area (Å²) in [6.07, 6.45) is 3.23. The van der Waals surface area contributed by atoms with Crippen LogP contribution in [-0.2, 0) is 7.05 Å². The molecule has 2 heterocycles. The first kappa shape index (κ1) is 17.0. The number of para-hydroxylation sites is 2. The van der Waals surface area contributed by atoms with Crippen LogP contribution in [0.15, 0.2) is 55.0 Å². The van der Waals surface area contributed by atoms with Crippen molar-refractivity contribution < 1.29 is 4.74 Å². The molecule has 0 bridgehead atoms. The van der Waals surface area contributed by atoms with Gasteiger partial charge in [0.1, 0.15) is 17.9 Å². The van der Waals surface area contributed by atoms with Gasteiger partial charge in [-0.25, -0.2) is 9.97 Å². The summed E-state index contributed by atoms with van der Waals surface area (Å²) in [6, 6.07) is 13.8. The molecule has 0 aliphatic carbocycles. The third kappa shape index (κ3) is 3.32. The number of nitrogens with one attached hydrogen (secondary N) is 1. The second-order valence-corrected chi connectivity index (χ2v) is 7.10. The van der Waals surface area contributed by atoms with Crippen LogP contribution in [0.4, 0.5) is 11.5 Å². The minimum Gasteiger partial charge on any atom is -0.424 e. The van der Waals surface area contributed by atoms with Crippen LogP contribution in [0, 0.1) is 3.57 Å². The van der Waals surface area contributed by atoms with Crippen molar-refractivity contribution in [2.45, 2.75) is 0 Å². The number of nitrogens with zero attached hydrogens (tertiary/aromatic N) is 4. The molecule has 8 heteroatoms. The zero-order valence-electron chi connectivity index (χ0n) is 13.6. The molecule has 130 valence electrons. The molecule has 4 aromatic rings. The van der Waals surface area contributed by atoms with E-state index in [1.54, 1.807) is 18.3 Å². The topological polar surface area (TPSA) is 64.9 Å². The van der Waals surface area contributed by atoms with Crippen LogP contribution in [0.2, 0.25) is 5.02 Å². The van der Waals surface area contributed by atoms with Gasteiger partial charge in [0.15, 0.2) is 0 Å². The summed E-state index contributed by atoms with van der Waals surface area (Å²) >= 11 is 8.57. The normalized spacial score (nSPS) is 10.9. The molecule has 0 aliphatic heterocycles. The molecule has 0 saturated carbocycles. The molecule has 6 nitrogen and oxygen atoms in total. The number of aryl methyl sites for hydroxylation is 1. The van der Waals surface area contributed by atoms with Gasteiger partial charge in [0.2, 0.25) is 0 Å². The number of fused-ring (bicyclic) bond motifs is 1. The van der Waals surface area contributed by atoms with Crippen molar-refractivity contribution in [1.29, 1.82) is 0 Å². The average Bonchev–Trinajstić information content (AvgIpc) is 2.95. The monoisotopic (exact) mass is 477 g/mol. The number of benzene rings is 2. The van der Waals surface area contributed by atoms with Gasteiger partial charge in [0.25, 0.3) is 0 Å². The number of hydrogen-bond donors (Lipinski definition) is 1. The Bertz CT molecular complexity index is 1100. The average molecular weight is 478 g/mol. The molecule has 0 radical (unpaired) electrons. The van der Waals surface area contributed by atoms with E-state index in [0.717, 1.165) is 26.1 Å². The molecule has 1 N–H and O–H groups in total. The maximum absolute atomic E-state index is 6.40. The fourth-order valence-corrected chi connectivity index (χ4v) is 3.17. The van der Waals surface area contributed by atoms with Crippen LogP contribution in [-0.4, -0.2) is 19.5 Å². The number of anilines is 2. The molecule has 0 spiro atoms. The smallest absolute Gasteiger partial charge is 0.302 e. The van der Waals surface area contributed by atoms with E-state index >= 15 is 0 Å². The Kier molecular flexibility index (Phi) is 4.64. The van der Waals surface area contributed by atoms with Crippen molar-refractivity contribution in [3.8, 4) is 11.8 Å². The fraction of sp³-hybridized carbons (Fsp3) is 0.0556. The minimum absolute atomic E-state index is 0.478. The summed E-state index contributed by atoms with van der Waals surface area (Å²) in [6.45, 7) is 0. The van der Waals surface area contributed by atoms with Crippen LogP contribution in [0.5, 0.6) is 11.8 Å². The van der Waals surface area contributed by atoms with Crippen LogP contribution in [0.3, 0.4) is 0 Å². The van der Waals surface area contributed by atoms with E-state index in [4.69, 9.17) is 16.3 Å². The van der Waals surface area contributed by atoms with Crippen molar-refractivity contribution in [3.63, 3.8) is 0 Å². The highest BCUT2D eigenvalue weighted by atomic mass is 127. The molecule has 2 aromatic carbocycles. The maximum atomic E-state index is 6.40. The second kappa shape index (κ2) is 7.08. The lowest BCUT2D eigenvalue weighted by Gasteiger charge is -2.10. The predicted molar refractivity (Wildman–Crippen MR) is 110 cm³/mol. The Labute approximate surface area is 168 Å². The fourth-order valence-electron chi connectivity index (χ4n) is 2.52. The molecule has 0 unspecified atom stereocenters. The molecule has 4 rings (SSSR count). The lowest BCUT2D eigenvalue weighted by Crippen LogP contribution is -1.98. The molecular formula is C18H13ClIN5O. The standard InChI is InChI=1S/C18H13ClIN5O/c1-25-15-5-3-2-4-14(15)24-18(25)26-16-7-6-11(8-12(16)19)23-17-13(20)9-21-10-22-17/h2-10H,1H3,(H,21,22,23).